The van der Waals surface area contributed by atoms with Gasteiger partial charge >= 0.3 is 0 Å². The summed E-state index contributed by atoms with van der Waals surface area (Å²) in [6.45, 7) is -0.304. The number of anilines is 1. The number of nitrogens with two attached hydrogens (primary N) is 1. The first kappa shape index (κ1) is 11.8. The van der Waals surface area contributed by atoms with Crippen molar-refractivity contribution < 1.29 is 10.2 Å². The molecule has 0 unspecified atom stereocenters. The zero-order valence-electron chi connectivity index (χ0n) is 7.37. The topological polar surface area (TPSA) is 66.5 Å². The van der Waals surface area contributed by atoms with E-state index in [0.29, 0.717) is 20.7 Å². The molecule has 0 aromatic heterocycles. The van der Waals surface area contributed by atoms with Gasteiger partial charge in [-0.25, -0.2) is 0 Å². The van der Waals surface area contributed by atoms with Gasteiger partial charge in [0.25, 0.3) is 0 Å². The Morgan fingerprint density at radius 1 is 1.36 bits per heavy atom. The monoisotopic (exact) mass is 279 g/mol. The lowest BCUT2D eigenvalue weighted by atomic mass is 9.99. The van der Waals surface area contributed by atoms with Crippen molar-refractivity contribution in [2.75, 3.05) is 18.9 Å². The molecule has 0 aliphatic heterocycles. The van der Waals surface area contributed by atoms with Crippen LogP contribution in [0.3, 0.4) is 0 Å². The molecule has 0 bridgehead atoms. The van der Waals surface area contributed by atoms with Crippen LogP contribution in [0, 0.1) is 0 Å². The van der Waals surface area contributed by atoms with Gasteiger partial charge in [0.05, 0.1) is 13.2 Å². The second kappa shape index (κ2) is 4.98. The third kappa shape index (κ3) is 2.39. The molecule has 4 N–H and O–H groups in total. The summed E-state index contributed by atoms with van der Waals surface area (Å²) in [5.74, 6) is -0.373. The minimum absolute atomic E-state index is 0.152. The van der Waals surface area contributed by atoms with Crippen LogP contribution < -0.4 is 5.73 Å². The quantitative estimate of drug-likeness (QED) is 0.739. The number of halogens is 2. The number of rotatable bonds is 3. The molecule has 0 heterocycles. The van der Waals surface area contributed by atoms with Crippen LogP contribution in [-0.4, -0.2) is 23.4 Å². The van der Waals surface area contributed by atoms with Crippen LogP contribution in [0.5, 0.6) is 0 Å². The first-order valence-corrected chi connectivity index (χ1v) is 5.23. The highest BCUT2D eigenvalue weighted by Gasteiger charge is 2.16. The van der Waals surface area contributed by atoms with E-state index < -0.39 is 0 Å². The molecule has 0 atom stereocenters. The summed E-state index contributed by atoms with van der Waals surface area (Å²) in [4.78, 5) is 0. The maximum Gasteiger partial charge on any atom is 0.0523 e. The van der Waals surface area contributed by atoms with Gasteiger partial charge in [-0.15, -0.1) is 0 Å². The summed E-state index contributed by atoms with van der Waals surface area (Å²) in [5, 5.41) is 18.6. The number of aliphatic hydroxyl groups excluding tert-OH is 2. The van der Waals surface area contributed by atoms with Crippen molar-refractivity contribution in [3.8, 4) is 0 Å². The molecule has 78 valence electrons. The van der Waals surface area contributed by atoms with Gasteiger partial charge in [-0.1, -0.05) is 27.5 Å². The number of benzene rings is 1. The maximum atomic E-state index is 9.03. The van der Waals surface area contributed by atoms with Crippen LogP contribution in [0.15, 0.2) is 16.6 Å². The molecule has 0 radical (unpaired) electrons. The molecule has 0 spiro atoms. The normalized spacial score (nSPS) is 10.9. The number of nitrogen functional groups attached to an aromatic ring is 1. The molecule has 0 saturated carbocycles. The molecule has 1 aromatic carbocycles. The predicted molar refractivity (Wildman–Crippen MR) is 60.5 cm³/mol. The fourth-order valence-electron chi connectivity index (χ4n) is 1.28. The van der Waals surface area contributed by atoms with Crippen molar-refractivity contribution >= 4 is 33.2 Å². The van der Waals surface area contributed by atoms with Crippen LogP contribution in [0.2, 0.25) is 5.02 Å². The summed E-state index contributed by atoms with van der Waals surface area (Å²) < 4.78 is 0.704. The van der Waals surface area contributed by atoms with E-state index in [9.17, 15) is 0 Å². The maximum absolute atomic E-state index is 9.03. The Morgan fingerprint density at radius 2 is 1.93 bits per heavy atom. The molecule has 1 aromatic rings. The largest absolute Gasteiger partial charge is 0.398 e. The lowest BCUT2D eigenvalue weighted by Gasteiger charge is -2.16. The van der Waals surface area contributed by atoms with Crippen molar-refractivity contribution in [2.45, 2.75) is 5.92 Å². The number of hydrogen-bond donors (Lipinski definition) is 3. The predicted octanol–water partition coefficient (Wildman–Crippen LogP) is 1.75. The number of aliphatic hydroxyl groups is 2. The molecular formula is C9H11BrClNO2. The van der Waals surface area contributed by atoms with Gasteiger partial charge in [-0.2, -0.15) is 0 Å². The van der Waals surface area contributed by atoms with Crippen LogP contribution in [0.25, 0.3) is 0 Å². The van der Waals surface area contributed by atoms with Crippen molar-refractivity contribution in [3.63, 3.8) is 0 Å². The highest BCUT2D eigenvalue weighted by Crippen LogP contribution is 2.33. The van der Waals surface area contributed by atoms with E-state index in [1.54, 1.807) is 12.1 Å². The number of hydrogen-bond acceptors (Lipinski definition) is 3. The van der Waals surface area contributed by atoms with E-state index in [0.717, 1.165) is 0 Å². The summed E-state index contributed by atoms with van der Waals surface area (Å²) in [6.07, 6.45) is 0. The Hall–Kier alpha value is -0.290. The Labute approximate surface area is 95.6 Å². The third-order valence-electron chi connectivity index (χ3n) is 1.98. The van der Waals surface area contributed by atoms with E-state index in [1.807, 2.05) is 0 Å². The first-order chi connectivity index (χ1) is 6.60. The molecule has 5 heteroatoms. The van der Waals surface area contributed by atoms with E-state index in [1.165, 1.54) is 0 Å². The molecule has 0 amide bonds. The van der Waals surface area contributed by atoms with Crippen molar-refractivity contribution in [1.82, 2.24) is 0 Å². The molecule has 0 saturated heterocycles. The van der Waals surface area contributed by atoms with Gasteiger partial charge in [0.1, 0.15) is 0 Å². The lowest BCUT2D eigenvalue weighted by molar-refractivity contribution is 0.192. The second-order valence-electron chi connectivity index (χ2n) is 2.95. The van der Waals surface area contributed by atoms with Gasteiger partial charge in [0.2, 0.25) is 0 Å². The molecular weight excluding hydrogens is 269 g/mol. The minimum atomic E-state index is -0.373. The Kier molecular flexibility index (Phi) is 4.19. The lowest BCUT2D eigenvalue weighted by Crippen LogP contribution is -2.12. The third-order valence-corrected chi connectivity index (χ3v) is 2.85. The zero-order chi connectivity index (χ0) is 10.7. The summed E-state index contributed by atoms with van der Waals surface area (Å²) >= 11 is 9.07. The summed E-state index contributed by atoms with van der Waals surface area (Å²) in [5.41, 5.74) is 6.90. The van der Waals surface area contributed by atoms with E-state index in [2.05, 4.69) is 15.9 Å². The molecule has 0 fully saturated rings. The van der Waals surface area contributed by atoms with Gasteiger partial charge in [-0.3, -0.25) is 0 Å². The van der Waals surface area contributed by atoms with Gasteiger partial charge in [0.15, 0.2) is 0 Å². The van der Waals surface area contributed by atoms with Crippen LogP contribution in [-0.2, 0) is 0 Å². The fourth-order valence-corrected chi connectivity index (χ4v) is 2.43. The van der Waals surface area contributed by atoms with Gasteiger partial charge in [-0.05, 0) is 17.7 Å². The molecule has 0 aliphatic carbocycles. The molecule has 3 nitrogen and oxygen atoms in total. The Balaban J connectivity index is 3.19. The van der Waals surface area contributed by atoms with Crippen molar-refractivity contribution in [2.24, 2.45) is 0 Å². The van der Waals surface area contributed by atoms with Gasteiger partial charge < -0.3 is 15.9 Å². The Bertz CT molecular complexity index is 306. The zero-order valence-corrected chi connectivity index (χ0v) is 9.72. The van der Waals surface area contributed by atoms with E-state index in [-0.39, 0.29) is 19.1 Å². The van der Waals surface area contributed by atoms with Crippen molar-refractivity contribution in [1.29, 1.82) is 0 Å². The van der Waals surface area contributed by atoms with Crippen LogP contribution >= 0.6 is 27.5 Å². The Morgan fingerprint density at radius 3 is 2.36 bits per heavy atom. The summed E-state index contributed by atoms with van der Waals surface area (Å²) in [6, 6.07) is 3.28. The van der Waals surface area contributed by atoms with E-state index >= 15 is 0 Å². The summed E-state index contributed by atoms with van der Waals surface area (Å²) in [7, 11) is 0. The SMILES string of the molecule is Nc1cc(Cl)cc(Br)c1C(CO)CO. The van der Waals surface area contributed by atoms with E-state index in [4.69, 9.17) is 27.5 Å². The van der Waals surface area contributed by atoms with Crippen LogP contribution in [0.1, 0.15) is 11.5 Å². The fraction of sp³-hybridized carbons (Fsp3) is 0.333. The van der Waals surface area contributed by atoms with Crippen molar-refractivity contribution in [3.05, 3.63) is 27.2 Å². The van der Waals surface area contributed by atoms with Crippen LogP contribution in [0.4, 0.5) is 5.69 Å². The first-order valence-electron chi connectivity index (χ1n) is 4.06. The molecule has 1 rings (SSSR count). The molecule has 0 aliphatic rings. The smallest absolute Gasteiger partial charge is 0.0523 e. The molecule has 14 heavy (non-hydrogen) atoms. The standard InChI is InChI=1S/C9H11BrClNO2/c10-7-1-6(11)2-8(12)9(7)5(3-13)4-14/h1-2,5,13-14H,3-4,12H2. The highest BCUT2D eigenvalue weighted by molar-refractivity contribution is 9.10. The average Bonchev–Trinajstić information content (AvgIpc) is 2.10. The average molecular weight is 281 g/mol. The minimum Gasteiger partial charge on any atom is -0.398 e. The van der Waals surface area contributed by atoms with Gasteiger partial charge in [0, 0.05) is 21.1 Å². The second-order valence-corrected chi connectivity index (χ2v) is 4.24. The highest BCUT2D eigenvalue weighted by atomic mass is 79.9.